The van der Waals surface area contributed by atoms with E-state index < -0.39 is 0 Å². The molecular formula is C18H20N+. The number of benzene rings is 2. The molecule has 1 aliphatic rings. The lowest BCUT2D eigenvalue weighted by atomic mass is 9.97. The van der Waals surface area contributed by atoms with Crippen molar-refractivity contribution in [1.82, 2.24) is 0 Å². The molecule has 19 heavy (non-hydrogen) atoms. The molecule has 2 aromatic carbocycles. The van der Waals surface area contributed by atoms with Crippen LogP contribution in [0.3, 0.4) is 0 Å². The second kappa shape index (κ2) is 4.67. The summed E-state index contributed by atoms with van der Waals surface area (Å²) >= 11 is 0. The fraction of sp³-hybridized carbons (Fsp3) is 0.222. The lowest BCUT2D eigenvalue weighted by Gasteiger charge is -2.32. The largest absolute Gasteiger partial charge is 0.315 e. The predicted molar refractivity (Wildman–Crippen MR) is 80.5 cm³/mol. The van der Waals surface area contributed by atoms with Gasteiger partial charge in [0, 0.05) is 11.1 Å². The average Bonchev–Trinajstić information content (AvgIpc) is 2.52. The van der Waals surface area contributed by atoms with E-state index in [0.717, 1.165) is 24.1 Å². The summed E-state index contributed by atoms with van der Waals surface area (Å²) < 4.78 is 0.998. The fourth-order valence-corrected chi connectivity index (χ4v) is 3.16. The molecule has 3 rings (SSSR count). The van der Waals surface area contributed by atoms with Crippen LogP contribution in [0.2, 0.25) is 0 Å². The zero-order valence-electron chi connectivity index (χ0n) is 11.5. The Morgan fingerprint density at radius 2 is 1.42 bits per heavy atom. The van der Waals surface area contributed by atoms with Gasteiger partial charge in [0.2, 0.25) is 0 Å². The summed E-state index contributed by atoms with van der Waals surface area (Å²) in [6.07, 6.45) is 2.04. The molecule has 0 fully saturated rings. The molecule has 0 aliphatic carbocycles. The third-order valence-electron chi connectivity index (χ3n) is 4.00. The van der Waals surface area contributed by atoms with Gasteiger partial charge < -0.3 is 4.48 Å². The molecule has 0 saturated carbocycles. The summed E-state index contributed by atoms with van der Waals surface area (Å²) in [5, 5.41) is 0. The summed E-state index contributed by atoms with van der Waals surface area (Å²) in [4.78, 5) is 0. The highest BCUT2D eigenvalue weighted by Gasteiger charge is 2.28. The fourth-order valence-electron chi connectivity index (χ4n) is 3.16. The second-order valence-corrected chi connectivity index (χ2v) is 5.72. The first-order chi connectivity index (χ1) is 9.22. The van der Waals surface area contributed by atoms with Crippen molar-refractivity contribution in [3.05, 3.63) is 72.3 Å². The van der Waals surface area contributed by atoms with Gasteiger partial charge in [-0.15, -0.1) is 0 Å². The minimum atomic E-state index is 0.998. The molecule has 0 radical (unpaired) electrons. The Morgan fingerprint density at radius 1 is 0.947 bits per heavy atom. The van der Waals surface area contributed by atoms with Crippen LogP contribution < -0.4 is 0 Å². The van der Waals surface area contributed by atoms with Crippen LogP contribution in [-0.4, -0.2) is 18.1 Å². The Labute approximate surface area is 115 Å². The maximum atomic E-state index is 3.93. The molecule has 1 heterocycles. The van der Waals surface area contributed by atoms with Crippen LogP contribution in [0.25, 0.3) is 11.1 Å². The van der Waals surface area contributed by atoms with E-state index in [1.54, 1.807) is 0 Å². The van der Waals surface area contributed by atoms with Crippen LogP contribution in [0.5, 0.6) is 0 Å². The third kappa shape index (κ3) is 2.22. The van der Waals surface area contributed by atoms with E-state index in [0.29, 0.717) is 0 Å². The summed E-state index contributed by atoms with van der Waals surface area (Å²) in [5.74, 6) is 0. The molecule has 2 aromatic rings. The first kappa shape index (κ1) is 12.2. The smallest absolute Gasteiger partial charge is 0.105 e. The van der Waals surface area contributed by atoms with Gasteiger partial charge in [0.25, 0.3) is 0 Å². The number of nitrogens with zero attached hydrogens (tertiary/aromatic N) is 1. The maximum Gasteiger partial charge on any atom is 0.105 e. The highest BCUT2D eigenvalue weighted by molar-refractivity contribution is 5.71. The lowest BCUT2D eigenvalue weighted by Crippen LogP contribution is -2.41. The summed E-state index contributed by atoms with van der Waals surface area (Å²) in [7, 11) is 2.32. The Morgan fingerprint density at radius 3 is 1.89 bits per heavy atom. The Kier molecular flexibility index (Phi) is 3.00. The van der Waals surface area contributed by atoms with Gasteiger partial charge in [0.15, 0.2) is 0 Å². The molecule has 0 N–H and O–H groups in total. The molecule has 0 atom stereocenters. The monoisotopic (exact) mass is 250 g/mol. The van der Waals surface area contributed by atoms with E-state index in [4.69, 9.17) is 0 Å². The zero-order chi connectivity index (χ0) is 13.3. The van der Waals surface area contributed by atoms with E-state index in [9.17, 15) is 0 Å². The maximum absolute atomic E-state index is 3.93. The number of quaternary nitrogens is 1. The highest BCUT2D eigenvalue weighted by atomic mass is 15.3. The minimum absolute atomic E-state index is 0.998. The minimum Gasteiger partial charge on any atom is -0.315 e. The number of fused-ring (bicyclic) bond motifs is 3. The quantitative estimate of drug-likeness (QED) is 0.558. The first-order valence-electron chi connectivity index (χ1n) is 6.82. The number of hydrogen-bond acceptors (Lipinski definition) is 0. The summed E-state index contributed by atoms with van der Waals surface area (Å²) in [5.41, 5.74) is 5.67. The average molecular weight is 250 g/mol. The molecule has 0 amide bonds. The van der Waals surface area contributed by atoms with Crippen LogP contribution in [0.1, 0.15) is 11.1 Å². The van der Waals surface area contributed by atoms with Crippen molar-refractivity contribution in [2.45, 2.75) is 13.1 Å². The summed E-state index contributed by atoms with van der Waals surface area (Å²) in [6, 6.07) is 17.6. The molecule has 96 valence electrons. The predicted octanol–water partition coefficient (Wildman–Crippen LogP) is 4.00. The van der Waals surface area contributed by atoms with E-state index in [1.807, 2.05) is 6.08 Å². The van der Waals surface area contributed by atoms with Crippen LogP contribution >= 0.6 is 0 Å². The first-order valence-corrected chi connectivity index (χ1v) is 6.82. The van der Waals surface area contributed by atoms with Crippen LogP contribution in [0, 0.1) is 0 Å². The highest BCUT2D eigenvalue weighted by Crippen LogP contribution is 2.34. The molecule has 0 saturated heterocycles. The normalized spacial score (nSPS) is 16.1. The Hall–Kier alpha value is -1.86. The van der Waals surface area contributed by atoms with Crippen molar-refractivity contribution in [2.75, 3.05) is 13.6 Å². The van der Waals surface area contributed by atoms with Crippen LogP contribution in [0.15, 0.2) is 61.2 Å². The van der Waals surface area contributed by atoms with E-state index >= 15 is 0 Å². The third-order valence-corrected chi connectivity index (χ3v) is 4.00. The van der Waals surface area contributed by atoms with E-state index in [2.05, 4.69) is 62.2 Å². The second-order valence-electron chi connectivity index (χ2n) is 5.72. The van der Waals surface area contributed by atoms with Gasteiger partial charge in [0.05, 0.1) is 13.6 Å². The molecule has 0 bridgehead atoms. The van der Waals surface area contributed by atoms with Crippen molar-refractivity contribution >= 4 is 0 Å². The van der Waals surface area contributed by atoms with Gasteiger partial charge in [-0.3, -0.25) is 0 Å². The number of likely N-dealkylation sites (N-methyl/N-ethyl adjacent to an activating group) is 1. The van der Waals surface area contributed by atoms with Gasteiger partial charge in [-0.2, -0.15) is 0 Å². The summed E-state index contributed by atoms with van der Waals surface area (Å²) in [6.45, 7) is 7.06. The van der Waals surface area contributed by atoms with Gasteiger partial charge in [-0.05, 0) is 17.2 Å². The topological polar surface area (TPSA) is 0 Å². The molecular weight excluding hydrogens is 230 g/mol. The molecule has 1 nitrogen and oxygen atoms in total. The van der Waals surface area contributed by atoms with Crippen molar-refractivity contribution in [1.29, 1.82) is 0 Å². The van der Waals surface area contributed by atoms with E-state index in [-0.39, 0.29) is 0 Å². The Balaban J connectivity index is 2.20. The van der Waals surface area contributed by atoms with Crippen molar-refractivity contribution in [2.24, 2.45) is 0 Å². The molecule has 0 spiro atoms. The van der Waals surface area contributed by atoms with Gasteiger partial charge in [-0.25, -0.2) is 0 Å². The molecule has 0 unspecified atom stereocenters. The Bertz CT molecular complexity index is 565. The standard InChI is InChI=1S/C18H20N/c1-3-12-19(2)13-15-8-4-6-10-17(15)18-11-7-5-9-16(18)14-19/h3-11H,1,12-14H2,2H3/q+1. The van der Waals surface area contributed by atoms with Crippen LogP contribution in [-0.2, 0) is 13.1 Å². The van der Waals surface area contributed by atoms with Crippen molar-refractivity contribution in [3.8, 4) is 11.1 Å². The molecule has 1 heteroatoms. The van der Waals surface area contributed by atoms with E-state index in [1.165, 1.54) is 22.3 Å². The van der Waals surface area contributed by atoms with Gasteiger partial charge >= 0.3 is 0 Å². The number of hydrogen-bond donors (Lipinski definition) is 0. The van der Waals surface area contributed by atoms with Crippen molar-refractivity contribution in [3.63, 3.8) is 0 Å². The van der Waals surface area contributed by atoms with Gasteiger partial charge in [0.1, 0.15) is 13.1 Å². The SMILES string of the molecule is C=CC[N+]1(C)Cc2ccccc2-c2ccccc2C1. The van der Waals surface area contributed by atoms with Crippen LogP contribution in [0.4, 0.5) is 0 Å². The lowest BCUT2D eigenvalue weighted by molar-refractivity contribution is -0.929. The molecule has 0 aromatic heterocycles. The van der Waals surface area contributed by atoms with Gasteiger partial charge in [-0.1, -0.05) is 55.1 Å². The number of rotatable bonds is 2. The zero-order valence-corrected chi connectivity index (χ0v) is 11.5. The van der Waals surface area contributed by atoms with Crippen molar-refractivity contribution < 1.29 is 4.48 Å². The molecule has 1 aliphatic heterocycles.